The van der Waals surface area contributed by atoms with Crippen LogP contribution in [0.15, 0.2) is 26.4 Å². The highest BCUT2D eigenvalue weighted by molar-refractivity contribution is 8.00. The number of hydrogen-bond donors (Lipinski definition) is 1. The van der Waals surface area contributed by atoms with Gasteiger partial charge in [-0.3, -0.25) is 14.4 Å². The van der Waals surface area contributed by atoms with Gasteiger partial charge in [0, 0.05) is 20.3 Å². The maximum Gasteiger partial charge on any atom is 0.347 e. The van der Waals surface area contributed by atoms with Gasteiger partial charge in [-0.2, -0.15) is 0 Å². The molecule has 3 rings (SSSR count). The summed E-state index contributed by atoms with van der Waals surface area (Å²) in [6.07, 6.45) is -2.43. The highest BCUT2D eigenvalue weighted by Gasteiger charge is 2.52. The van der Waals surface area contributed by atoms with E-state index in [-0.39, 0.29) is 33.8 Å². The Hall–Kier alpha value is -3.38. The predicted octanol–water partition coefficient (Wildman–Crippen LogP) is 1.44. The average Bonchev–Trinajstić information content (AvgIpc) is 3.21. The third-order valence-corrected chi connectivity index (χ3v) is 6.78. The molecule has 1 aliphatic heterocycles. The predicted molar refractivity (Wildman–Crippen MR) is 121 cm³/mol. The number of carbonyl (C=O) groups excluding carboxylic acids is 4. The van der Waals surface area contributed by atoms with E-state index in [2.05, 4.69) is 4.74 Å². The average molecular weight is 509 g/mol. The van der Waals surface area contributed by atoms with E-state index in [1.54, 1.807) is 13.0 Å². The first-order valence-electron chi connectivity index (χ1n) is 10.4. The Bertz CT molecular complexity index is 1260. The van der Waals surface area contributed by atoms with Gasteiger partial charge in [-0.05, 0) is 31.0 Å². The van der Waals surface area contributed by atoms with Crippen molar-refractivity contribution in [3.8, 4) is 5.75 Å². The second kappa shape index (κ2) is 10.1. The second-order valence-corrected chi connectivity index (χ2v) is 9.15. The molecule has 0 spiro atoms. The lowest BCUT2D eigenvalue weighted by Crippen LogP contribution is -2.52. The Morgan fingerprint density at radius 1 is 1.17 bits per heavy atom. The van der Waals surface area contributed by atoms with Crippen molar-refractivity contribution >= 4 is 46.6 Å². The summed E-state index contributed by atoms with van der Waals surface area (Å²) in [5.74, 6) is -3.50. The van der Waals surface area contributed by atoms with Crippen molar-refractivity contribution in [2.24, 2.45) is 0 Å². The van der Waals surface area contributed by atoms with Gasteiger partial charge in [0.25, 0.3) is 0 Å². The number of esters is 4. The molecule has 0 amide bonds. The number of thioether (sulfide) groups is 1. The monoisotopic (exact) mass is 508 g/mol. The molecule has 11 nitrogen and oxygen atoms in total. The Morgan fingerprint density at radius 3 is 2.43 bits per heavy atom. The summed E-state index contributed by atoms with van der Waals surface area (Å²) >= 11 is 0.904. The van der Waals surface area contributed by atoms with Gasteiger partial charge < -0.3 is 28.5 Å². The van der Waals surface area contributed by atoms with Gasteiger partial charge in [0.1, 0.15) is 16.7 Å². The van der Waals surface area contributed by atoms with Crippen LogP contribution in [0.5, 0.6) is 5.75 Å². The zero-order chi connectivity index (χ0) is 26.1. The summed E-state index contributed by atoms with van der Waals surface area (Å²) in [5.41, 5.74) is -1.88. The number of rotatable bonds is 7. The molecule has 1 aromatic carbocycles. The van der Waals surface area contributed by atoms with Crippen LogP contribution in [0, 0.1) is 6.92 Å². The van der Waals surface area contributed by atoms with Crippen LogP contribution in [0.2, 0.25) is 0 Å². The van der Waals surface area contributed by atoms with Crippen LogP contribution < -0.4 is 10.2 Å². The molecule has 0 aliphatic carbocycles. The van der Waals surface area contributed by atoms with Gasteiger partial charge in [0.15, 0.2) is 10.7 Å². The minimum Gasteiger partial charge on any atom is -0.467 e. The number of aryl methyl sites for hydroxylation is 1. The summed E-state index contributed by atoms with van der Waals surface area (Å²) in [4.78, 5) is 61.3. The van der Waals surface area contributed by atoms with Crippen LogP contribution in [-0.4, -0.2) is 60.2 Å². The number of benzene rings is 1. The maximum atomic E-state index is 13.4. The van der Waals surface area contributed by atoms with Crippen molar-refractivity contribution in [3.63, 3.8) is 0 Å². The molecule has 0 saturated heterocycles. The molecular formula is C23H24O11S. The number of aliphatic hydroxyl groups is 1. The summed E-state index contributed by atoms with van der Waals surface area (Å²) in [7, 11) is 2.11. The molecule has 2 aromatic rings. The molecule has 1 aromatic heterocycles. The second-order valence-electron chi connectivity index (χ2n) is 7.98. The topological polar surface area (TPSA) is 156 Å². The fourth-order valence-corrected chi connectivity index (χ4v) is 5.22. The van der Waals surface area contributed by atoms with Crippen LogP contribution in [0.4, 0.5) is 0 Å². The quantitative estimate of drug-likeness (QED) is 0.327. The van der Waals surface area contributed by atoms with E-state index in [0.717, 1.165) is 32.9 Å². The van der Waals surface area contributed by atoms with E-state index in [4.69, 9.17) is 18.6 Å². The Labute approximate surface area is 203 Å². The minimum absolute atomic E-state index is 0.0290. The van der Waals surface area contributed by atoms with Crippen LogP contribution in [0.3, 0.4) is 0 Å². The summed E-state index contributed by atoms with van der Waals surface area (Å²) in [6.45, 7) is 3.99. The number of ether oxygens (including phenoxy) is 4. The van der Waals surface area contributed by atoms with E-state index >= 15 is 0 Å². The summed E-state index contributed by atoms with van der Waals surface area (Å²) in [5, 5.41) is 10.6. The Morgan fingerprint density at radius 2 is 1.86 bits per heavy atom. The fourth-order valence-electron chi connectivity index (χ4n) is 3.87. The van der Waals surface area contributed by atoms with Gasteiger partial charge in [-0.15, -0.1) is 0 Å². The summed E-state index contributed by atoms with van der Waals surface area (Å²) in [6, 6.07) is 3.12. The van der Waals surface area contributed by atoms with Crippen LogP contribution in [0.1, 0.15) is 31.4 Å². The molecule has 3 atom stereocenters. The molecule has 1 aliphatic rings. The van der Waals surface area contributed by atoms with Crippen molar-refractivity contribution in [1.82, 2.24) is 0 Å². The van der Waals surface area contributed by atoms with Gasteiger partial charge in [-0.25, -0.2) is 9.59 Å². The lowest BCUT2D eigenvalue weighted by Gasteiger charge is -2.32. The summed E-state index contributed by atoms with van der Waals surface area (Å²) < 4.78 is 25.5. The van der Waals surface area contributed by atoms with E-state index < -0.39 is 52.7 Å². The molecule has 0 fully saturated rings. The van der Waals surface area contributed by atoms with Crippen molar-refractivity contribution < 1.29 is 47.6 Å². The fraction of sp³-hybridized carbons (Fsp3) is 0.435. The van der Waals surface area contributed by atoms with E-state index in [9.17, 15) is 29.1 Å². The molecule has 0 radical (unpaired) electrons. The van der Waals surface area contributed by atoms with Crippen LogP contribution >= 0.6 is 11.8 Å². The van der Waals surface area contributed by atoms with Gasteiger partial charge in [0.2, 0.25) is 11.5 Å². The SMILES string of the molecule is COC(=O)[C@@H](C[C@@](O)(C(=O)OC)[C@@H]1Cc2c(oc3cc(C)cc(OC(C)=O)c3c2=O)S1)OC(C)=O. The van der Waals surface area contributed by atoms with Gasteiger partial charge >= 0.3 is 23.9 Å². The molecule has 35 heavy (non-hydrogen) atoms. The highest BCUT2D eigenvalue weighted by Crippen LogP contribution is 2.45. The number of methoxy groups -OCH3 is 2. The molecular weight excluding hydrogens is 484 g/mol. The van der Waals surface area contributed by atoms with E-state index in [0.29, 0.717) is 5.56 Å². The first-order valence-corrected chi connectivity index (χ1v) is 11.3. The highest BCUT2D eigenvalue weighted by atomic mass is 32.2. The normalized spacial score (nSPS) is 17.1. The lowest BCUT2D eigenvalue weighted by atomic mass is 9.88. The van der Waals surface area contributed by atoms with Crippen LogP contribution in [0.25, 0.3) is 11.0 Å². The smallest absolute Gasteiger partial charge is 0.347 e. The van der Waals surface area contributed by atoms with E-state index in [1.807, 2.05) is 0 Å². The number of carbonyl (C=O) groups is 4. The molecule has 0 unspecified atom stereocenters. The maximum absolute atomic E-state index is 13.4. The standard InChI is InChI=1S/C23H24O11S/c1-10-6-14(32-11(2)24)18-15(7-10)34-21-13(19(18)26)8-17(35-21)23(29,22(28)31-5)9-16(20(27)30-4)33-12(3)25/h6-7,16-17,29H,8-9H2,1-5H3/t16-,17+,23+/m1/s1. The third kappa shape index (κ3) is 5.17. The molecule has 2 heterocycles. The molecule has 12 heteroatoms. The largest absolute Gasteiger partial charge is 0.467 e. The zero-order valence-corrected chi connectivity index (χ0v) is 20.5. The zero-order valence-electron chi connectivity index (χ0n) is 19.7. The number of fused-ring (bicyclic) bond motifs is 2. The lowest BCUT2D eigenvalue weighted by molar-refractivity contribution is -0.177. The van der Waals surface area contributed by atoms with E-state index in [1.165, 1.54) is 13.0 Å². The first kappa shape index (κ1) is 26.2. The van der Waals surface area contributed by atoms with Crippen molar-refractivity contribution in [1.29, 1.82) is 0 Å². The van der Waals surface area contributed by atoms with Crippen molar-refractivity contribution in [3.05, 3.63) is 33.5 Å². The minimum atomic E-state index is -2.37. The van der Waals surface area contributed by atoms with Crippen molar-refractivity contribution in [2.45, 2.75) is 55.7 Å². The van der Waals surface area contributed by atoms with Crippen molar-refractivity contribution in [2.75, 3.05) is 14.2 Å². The van der Waals surface area contributed by atoms with Gasteiger partial charge in [-0.1, -0.05) is 11.8 Å². The molecule has 0 saturated carbocycles. The third-order valence-electron chi connectivity index (χ3n) is 5.39. The van der Waals surface area contributed by atoms with Crippen LogP contribution in [-0.2, 0) is 39.8 Å². The Kier molecular flexibility index (Phi) is 7.56. The molecule has 0 bridgehead atoms. The Balaban J connectivity index is 2.07. The molecule has 1 N–H and O–H groups in total. The number of hydrogen-bond acceptors (Lipinski definition) is 12. The first-order chi connectivity index (χ1) is 16.4. The molecule has 188 valence electrons. The van der Waals surface area contributed by atoms with Gasteiger partial charge in [0.05, 0.1) is 25.0 Å².